The zero-order chi connectivity index (χ0) is 13.2. The lowest BCUT2D eigenvalue weighted by molar-refractivity contribution is -0.134. The number of hydrogen-bond acceptors (Lipinski definition) is 2. The van der Waals surface area contributed by atoms with Crippen molar-refractivity contribution in [1.29, 1.82) is 0 Å². The summed E-state index contributed by atoms with van der Waals surface area (Å²) in [6, 6.07) is 4.17. The summed E-state index contributed by atoms with van der Waals surface area (Å²) in [4.78, 5) is 17.3. The van der Waals surface area contributed by atoms with Gasteiger partial charge in [0.15, 0.2) is 0 Å². The van der Waals surface area contributed by atoms with Crippen LogP contribution in [0.5, 0.6) is 0 Å². The fourth-order valence-electron chi connectivity index (χ4n) is 2.83. The average Bonchev–Trinajstić information content (AvgIpc) is 2.85. The number of nitrogens with zero attached hydrogens (tertiary/aromatic N) is 1. The Kier molecular flexibility index (Phi) is 3.76. The van der Waals surface area contributed by atoms with E-state index in [4.69, 9.17) is 5.73 Å². The van der Waals surface area contributed by atoms with Crippen molar-refractivity contribution in [3.63, 3.8) is 0 Å². The molecule has 1 unspecified atom stereocenters. The van der Waals surface area contributed by atoms with Crippen molar-refractivity contribution in [2.24, 2.45) is 5.73 Å². The van der Waals surface area contributed by atoms with Crippen LogP contribution in [0.15, 0.2) is 18.3 Å². The van der Waals surface area contributed by atoms with Crippen LogP contribution in [0.4, 0.5) is 0 Å². The molecular formula is C14H23N3O. The number of hydrogen-bond donors (Lipinski definition) is 2. The SMILES string of the molecule is CC1(C)CC(N)CN1C(=O)CCCc1ccc[nH]1. The maximum Gasteiger partial charge on any atom is 0.223 e. The van der Waals surface area contributed by atoms with Gasteiger partial charge in [-0.25, -0.2) is 0 Å². The highest BCUT2D eigenvalue weighted by molar-refractivity contribution is 5.77. The fraction of sp³-hybridized carbons (Fsp3) is 0.643. The molecule has 1 atom stereocenters. The molecule has 1 aliphatic rings. The third-order valence-electron chi connectivity index (χ3n) is 3.71. The molecule has 18 heavy (non-hydrogen) atoms. The number of amides is 1. The van der Waals surface area contributed by atoms with Gasteiger partial charge in [0.05, 0.1) is 0 Å². The second-order valence-electron chi connectivity index (χ2n) is 5.83. The standard InChI is InChI=1S/C14H23N3O/c1-14(2)9-11(15)10-17(14)13(18)7-3-5-12-6-4-8-16-12/h4,6,8,11,16H,3,5,7,9-10,15H2,1-2H3. The third kappa shape index (κ3) is 2.93. The van der Waals surface area contributed by atoms with E-state index < -0.39 is 0 Å². The topological polar surface area (TPSA) is 62.1 Å². The number of carbonyl (C=O) groups is 1. The Labute approximate surface area is 109 Å². The van der Waals surface area contributed by atoms with Crippen LogP contribution in [0.1, 0.15) is 38.8 Å². The van der Waals surface area contributed by atoms with Crippen molar-refractivity contribution in [3.05, 3.63) is 24.0 Å². The summed E-state index contributed by atoms with van der Waals surface area (Å²) in [6.45, 7) is 4.90. The molecule has 0 aliphatic carbocycles. The van der Waals surface area contributed by atoms with Gasteiger partial charge in [-0.3, -0.25) is 4.79 Å². The number of carbonyl (C=O) groups excluding carboxylic acids is 1. The Morgan fingerprint density at radius 1 is 1.61 bits per heavy atom. The highest BCUT2D eigenvalue weighted by Gasteiger charge is 2.39. The first-order valence-electron chi connectivity index (χ1n) is 6.67. The molecule has 3 N–H and O–H groups in total. The van der Waals surface area contributed by atoms with Gasteiger partial charge >= 0.3 is 0 Å². The molecule has 4 nitrogen and oxygen atoms in total. The molecule has 2 rings (SSSR count). The normalized spacial score (nSPS) is 22.4. The summed E-state index contributed by atoms with van der Waals surface area (Å²) < 4.78 is 0. The van der Waals surface area contributed by atoms with E-state index in [0.717, 1.165) is 19.3 Å². The van der Waals surface area contributed by atoms with Gasteiger partial charge in [0.2, 0.25) is 5.91 Å². The molecule has 1 fully saturated rings. The first-order chi connectivity index (χ1) is 8.49. The summed E-state index contributed by atoms with van der Waals surface area (Å²) in [7, 11) is 0. The maximum absolute atomic E-state index is 12.2. The highest BCUT2D eigenvalue weighted by atomic mass is 16.2. The summed E-state index contributed by atoms with van der Waals surface area (Å²) in [5.41, 5.74) is 7.06. The Morgan fingerprint density at radius 2 is 2.39 bits per heavy atom. The molecule has 0 spiro atoms. The molecule has 100 valence electrons. The van der Waals surface area contributed by atoms with Crippen LogP contribution < -0.4 is 5.73 Å². The molecule has 0 bridgehead atoms. The zero-order valence-electron chi connectivity index (χ0n) is 11.3. The van der Waals surface area contributed by atoms with Gasteiger partial charge in [0.25, 0.3) is 0 Å². The van der Waals surface area contributed by atoms with Gasteiger partial charge in [-0.1, -0.05) is 0 Å². The van der Waals surface area contributed by atoms with E-state index in [1.54, 1.807) is 0 Å². The van der Waals surface area contributed by atoms with Gasteiger partial charge in [0.1, 0.15) is 0 Å². The van der Waals surface area contributed by atoms with Crippen molar-refractivity contribution >= 4 is 5.91 Å². The minimum absolute atomic E-state index is 0.0804. The molecule has 4 heteroatoms. The van der Waals surface area contributed by atoms with Crippen molar-refractivity contribution in [2.75, 3.05) is 6.54 Å². The monoisotopic (exact) mass is 249 g/mol. The molecule has 0 aromatic carbocycles. The Balaban J connectivity index is 1.81. The molecule has 0 saturated carbocycles. The summed E-state index contributed by atoms with van der Waals surface area (Å²) in [5.74, 6) is 0.236. The van der Waals surface area contributed by atoms with Gasteiger partial charge in [0, 0.05) is 36.4 Å². The van der Waals surface area contributed by atoms with Crippen molar-refractivity contribution in [1.82, 2.24) is 9.88 Å². The number of nitrogens with one attached hydrogen (secondary N) is 1. The minimum Gasteiger partial charge on any atom is -0.365 e. The van der Waals surface area contributed by atoms with E-state index in [1.165, 1.54) is 5.69 Å². The summed E-state index contributed by atoms with van der Waals surface area (Å²) >= 11 is 0. The Bertz CT molecular complexity index is 397. The fourth-order valence-corrected chi connectivity index (χ4v) is 2.83. The maximum atomic E-state index is 12.2. The molecule has 2 heterocycles. The van der Waals surface area contributed by atoms with E-state index in [-0.39, 0.29) is 17.5 Å². The molecule has 1 saturated heterocycles. The molecule has 1 aromatic rings. The number of H-pyrrole nitrogens is 1. The lowest BCUT2D eigenvalue weighted by Gasteiger charge is -2.31. The number of rotatable bonds is 4. The second kappa shape index (κ2) is 5.14. The van der Waals surface area contributed by atoms with Crippen LogP contribution in [0.25, 0.3) is 0 Å². The molecule has 1 aliphatic heterocycles. The number of nitrogens with two attached hydrogens (primary N) is 1. The van der Waals surface area contributed by atoms with Crippen LogP contribution in [-0.2, 0) is 11.2 Å². The lowest BCUT2D eigenvalue weighted by atomic mass is 10.00. The van der Waals surface area contributed by atoms with E-state index in [0.29, 0.717) is 13.0 Å². The molecular weight excluding hydrogens is 226 g/mol. The Morgan fingerprint density at radius 3 is 2.94 bits per heavy atom. The van der Waals surface area contributed by atoms with Crippen molar-refractivity contribution < 1.29 is 4.79 Å². The number of aryl methyl sites for hydroxylation is 1. The van der Waals surface area contributed by atoms with Crippen LogP contribution in [-0.4, -0.2) is 33.9 Å². The van der Waals surface area contributed by atoms with Crippen LogP contribution in [0.2, 0.25) is 0 Å². The summed E-state index contributed by atoms with van der Waals surface area (Å²) in [6.07, 6.45) is 5.24. The van der Waals surface area contributed by atoms with Crippen LogP contribution >= 0.6 is 0 Å². The number of aromatic nitrogens is 1. The summed E-state index contributed by atoms with van der Waals surface area (Å²) in [5, 5.41) is 0. The Hall–Kier alpha value is -1.29. The van der Waals surface area contributed by atoms with E-state index in [1.807, 2.05) is 17.2 Å². The highest BCUT2D eigenvalue weighted by Crippen LogP contribution is 2.28. The lowest BCUT2D eigenvalue weighted by Crippen LogP contribution is -2.42. The van der Waals surface area contributed by atoms with Gasteiger partial charge in [-0.05, 0) is 45.2 Å². The minimum atomic E-state index is -0.0804. The largest absolute Gasteiger partial charge is 0.365 e. The van der Waals surface area contributed by atoms with E-state index in [9.17, 15) is 4.79 Å². The number of aromatic amines is 1. The molecule has 1 aromatic heterocycles. The van der Waals surface area contributed by atoms with Crippen molar-refractivity contribution in [3.8, 4) is 0 Å². The predicted octanol–water partition coefficient (Wildman–Crippen LogP) is 1.68. The smallest absolute Gasteiger partial charge is 0.223 e. The van der Waals surface area contributed by atoms with Gasteiger partial charge in [-0.15, -0.1) is 0 Å². The van der Waals surface area contributed by atoms with Gasteiger partial charge in [-0.2, -0.15) is 0 Å². The van der Waals surface area contributed by atoms with Crippen LogP contribution in [0.3, 0.4) is 0 Å². The second-order valence-corrected chi connectivity index (χ2v) is 5.83. The molecule has 1 amide bonds. The first kappa shape index (κ1) is 13.1. The molecule has 0 radical (unpaired) electrons. The van der Waals surface area contributed by atoms with Gasteiger partial charge < -0.3 is 15.6 Å². The van der Waals surface area contributed by atoms with E-state index >= 15 is 0 Å². The number of likely N-dealkylation sites (tertiary alicyclic amines) is 1. The third-order valence-corrected chi connectivity index (χ3v) is 3.71. The zero-order valence-corrected chi connectivity index (χ0v) is 11.3. The average molecular weight is 249 g/mol. The predicted molar refractivity (Wildman–Crippen MR) is 72.1 cm³/mol. The van der Waals surface area contributed by atoms with Crippen molar-refractivity contribution in [2.45, 2.75) is 51.1 Å². The quantitative estimate of drug-likeness (QED) is 0.852. The first-order valence-corrected chi connectivity index (χ1v) is 6.67. The van der Waals surface area contributed by atoms with Crippen LogP contribution in [0, 0.1) is 0 Å². The van der Waals surface area contributed by atoms with E-state index in [2.05, 4.69) is 24.9 Å².